The number of hydrogen-bond donors (Lipinski definition) is 1. The van der Waals surface area contributed by atoms with Crippen molar-refractivity contribution in [3.63, 3.8) is 0 Å². The van der Waals surface area contributed by atoms with E-state index in [0.29, 0.717) is 6.04 Å². The van der Waals surface area contributed by atoms with E-state index in [0.717, 1.165) is 29.8 Å². The Labute approximate surface area is 116 Å². The van der Waals surface area contributed by atoms with Gasteiger partial charge in [-0.3, -0.25) is 0 Å². The SMILES string of the molecule is CCCNC(Cc1ccc(Cl)cc1)C(C)C1CC1. The summed E-state index contributed by atoms with van der Waals surface area (Å²) in [6, 6.07) is 8.91. The minimum atomic E-state index is 0.610. The molecule has 1 fully saturated rings. The van der Waals surface area contributed by atoms with Crippen LogP contribution in [0, 0.1) is 11.8 Å². The van der Waals surface area contributed by atoms with E-state index in [1.165, 1.54) is 24.8 Å². The van der Waals surface area contributed by atoms with Crippen LogP contribution in [0.5, 0.6) is 0 Å². The van der Waals surface area contributed by atoms with Crippen LogP contribution in [0.3, 0.4) is 0 Å². The molecule has 0 amide bonds. The van der Waals surface area contributed by atoms with E-state index >= 15 is 0 Å². The summed E-state index contributed by atoms with van der Waals surface area (Å²) in [4.78, 5) is 0. The van der Waals surface area contributed by atoms with Gasteiger partial charge in [0.05, 0.1) is 0 Å². The molecular weight excluding hydrogens is 242 g/mol. The molecule has 100 valence electrons. The summed E-state index contributed by atoms with van der Waals surface area (Å²) < 4.78 is 0. The Hall–Kier alpha value is -0.530. The number of hydrogen-bond acceptors (Lipinski definition) is 1. The first-order valence-electron chi connectivity index (χ1n) is 7.18. The Bertz CT molecular complexity index is 356. The summed E-state index contributed by atoms with van der Waals surface area (Å²) in [5, 5.41) is 4.55. The third kappa shape index (κ3) is 4.00. The molecular formula is C16H24ClN. The first-order chi connectivity index (χ1) is 8.70. The molecule has 0 spiro atoms. The normalized spacial score (nSPS) is 18.6. The van der Waals surface area contributed by atoms with E-state index < -0.39 is 0 Å². The highest BCUT2D eigenvalue weighted by atomic mass is 35.5. The second-order valence-electron chi connectivity index (χ2n) is 5.59. The van der Waals surface area contributed by atoms with E-state index in [1.807, 2.05) is 12.1 Å². The van der Waals surface area contributed by atoms with Crippen molar-refractivity contribution in [2.45, 2.75) is 45.6 Å². The first-order valence-corrected chi connectivity index (χ1v) is 7.56. The Balaban J connectivity index is 1.96. The van der Waals surface area contributed by atoms with E-state index in [2.05, 4.69) is 31.3 Å². The standard InChI is InChI=1S/C16H24ClN/c1-3-10-18-16(12(2)14-6-7-14)11-13-4-8-15(17)9-5-13/h4-5,8-9,12,14,16,18H,3,6-7,10-11H2,1-2H3. The van der Waals surface area contributed by atoms with Crippen molar-refractivity contribution >= 4 is 11.6 Å². The molecule has 2 unspecified atom stereocenters. The van der Waals surface area contributed by atoms with Crippen molar-refractivity contribution in [1.82, 2.24) is 5.32 Å². The Morgan fingerprint density at radius 3 is 2.50 bits per heavy atom. The van der Waals surface area contributed by atoms with Gasteiger partial charge in [-0.25, -0.2) is 0 Å². The van der Waals surface area contributed by atoms with E-state index in [1.54, 1.807) is 0 Å². The van der Waals surface area contributed by atoms with Crippen LogP contribution in [0.4, 0.5) is 0 Å². The van der Waals surface area contributed by atoms with Gasteiger partial charge in [-0.15, -0.1) is 0 Å². The van der Waals surface area contributed by atoms with E-state index in [-0.39, 0.29) is 0 Å². The van der Waals surface area contributed by atoms with Gasteiger partial charge in [0.2, 0.25) is 0 Å². The fourth-order valence-corrected chi connectivity index (χ4v) is 2.72. The first kappa shape index (κ1) is 13.9. The third-order valence-electron chi connectivity index (χ3n) is 4.03. The van der Waals surface area contributed by atoms with Crippen LogP contribution in [0.2, 0.25) is 5.02 Å². The largest absolute Gasteiger partial charge is 0.313 e. The lowest BCUT2D eigenvalue weighted by Gasteiger charge is -2.25. The second-order valence-corrected chi connectivity index (χ2v) is 6.02. The second kappa shape index (κ2) is 6.58. The summed E-state index contributed by atoms with van der Waals surface area (Å²) in [5.41, 5.74) is 1.39. The Kier molecular flexibility index (Phi) is 5.08. The number of halogens is 1. The number of benzene rings is 1. The van der Waals surface area contributed by atoms with Gasteiger partial charge in [0.25, 0.3) is 0 Å². The van der Waals surface area contributed by atoms with Crippen LogP contribution >= 0.6 is 11.6 Å². The topological polar surface area (TPSA) is 12.0 Å². The quantitative estimate of drug-likeness (QED) is 0.775. The zero-order chi connectivity index (χ0) is 13.0. The van der Waals surface area contributed by atoms with Crippen LogP contribution in [0.15, 0.2) is 24.3 Å². The molecule has 1 N–H and O–H groups in total. The van der Waals surface area contributed by atoms with Crippen LogP contribution in [0.25, 0.3) is 0 Å². The Morgan fingerprint density at radius 1 is 1.28 bits per heavy atom. The van der Waals surface area contributed by atoms with Gasteiger partial charge < -0.3 is 5.32 Å². The minimum Gasteiger partial charge on any atom is -0.313 e. The number of nitrogens with one attached hydrogen (secondary N) is 1. The van der Waals surface area contributed by atoms with Crippen LogP contribution in [-0.4, -0.2) is 12.6 Å². The summed E-state index contributed by atoms with van der Waals surface area (Å²) in [6.45, 7) is 5.75. The number of rotatable bonds is 7. The zero-order valence-electron chi connectivity index (χ0n) is 11.5. The molecule has 0 radical (unpaired) electrons. The molecule has 1 aromatic carbocycles. The van der Waals surface area contributed by atoms with Gasteiger partial charge >= 0.3 is 0 Å². The molecule has 0 aliphatic heterocycles. The van der Waals surface area contributed by atoms with Crippen molar-refractivity contribution in [1.29, 1.82) is 0 Å². The van der Waals surface area contributed by atoms with Crippen LogP contribution in [0.1, 0.15) is 38.7 Å². The fourth-order valence-electron chi connectivity index (χ4n) is 2.60. The van der Waals surface area contributed by atoms with Gasteiger partial charge in [0, 0.05) is 11.1 Å². The van der Waals surface area contributed by atoms with E-state index in [4.69, 9.17) is 11.6 Å². The maximum Gasteiger partial charge on any atom is 0.0406 e. The van der Waals surface area contributed by atoms with Crippen molar-refractivity contribution in [2.24, 2.45) is 11.8 Å². The third-order valence-corrected chi connectivity index (χ3v) is 4.28. The molecule has 2 heteroatoms. The lowest BCUT2D eigenvalue weighted by molar-refractivity contribution is 0.339. The molecule has 0 bridgehead atoms. The lowest BCUT2D eigenvalue weighted by atomic mass is 9.91. The molecule has 1 nitrogen and oxygen atoms in total. The average molecular weight is 266 g/mol. The predicted octanol–water partition coefficient (Wildman–Crippen LogP) is 4.30. The van der Waals surface area contributed by atoms with Crippen LogP contribution < -0.4 is 5.32 Å². The summed E-state index contributed by atoms with van der Waals surface area (Å²) in [5.74, 6) is 1.74. The highest BCUT2D eigenvalue weighted by Gasteiger charge is 2.32. The highest BCUT2D eigenvalue weighted by Crippen LogP contribution is 2.38. The zero-order valence-corrected chi connectivity index (χ0v) is 12.2. The minimum absolute atomic E-state index is 0.610. The molecule has 1 saturated carbocycles. The molecule has 0 saturated heterocycles. The Morgan fingerprint density at radius 2 is 1.94 bits per heavy atom. The van der Waals surface area contributed by atoms with E-state index in [9.17, 15) is 0 Å². The van der Waals surface area contributed by atoms with Gasteiger partial charge in [0.1, 0.15) is 0 Å². The molecule has 0 aromatic heterocycles. The summed E-state index contributed by atoms with van der Waals surface area (Å²) in [7, 11) is 0. The van der Waals surface area contributed by atoms with Gasteiger partial charge in [-0.1, -0.05) is 37.6 Å². The molecule has 0 heterocycles. The molecule has 1 aliphatic carbocycles. The smallest absolute Gasteiger partial charge is 0.0406 e. The van der Waals surface area contributed by atoms with Crippen molar-refractivity contribution < 1.29 is 0 Å². The van der Waals surface area contributed by atoms with Gasteiger partial charge in [-0.05, 0) is 61.8 Å². The maximum absolute atomic E-state index is 5.94. The van der Waals surface area contributed by atoms with Crippen molar-refractivity contribution in [3.8, 4) is 0 Å². The predicted molar refractivity (Wildman–Crippen MR) is 79.1 cm³/mol. The van der Waals surface area contributed by atoms with Crippen molar-refractivity contribution in [3.05, 3.63) is 34.9 Å². The van der Waals surface area contributed by atoms with Crippen molar-refractivity contribution in [2.75, 3.05) is 6.54 Å². The van der Waals surface area contributed by atoms with Gasteiger partial charge in [0.15, 0.2) is 0 Å². The lowest BCUT2D eigenvalue weighted by Crippen LogP contribution is -2.38. The average Bonchev–Trinajstić information content (AvgIpc) is 3.20. The maximum atomic E-state index is 5.94. The fraction of sp³-hybridized carbons (Fsp3) is 0.625. The molecule has 1 aromatic rings. The summed E-state index contributed by atoms with van der Waals surface area (Å²) in [6.07, 6.45) is 5.17. The molecule has 1 aliphatic rings. The monoisotopic (exact) mass is 265 g/mol. The molecule has 2 atom stereocenters. The summed E-state index contributed by atoms with van der Waals surface area (Å²) >= 11 is 5.94. The highest BCUT2D eigenvalue weighted by molar-refractivity contribution is 6.30. The molecule has 2 rings (SSSR count). The molecule has 18 heavy (non-hydrogen) atoms. The van der Waals surface area contributed by atoms with Gasteiger partial charge in [-0.2, -0.15) is 0 Å². The van der Waals surface area contributed by atoms with Crippen LogP contribution in [-0.2, 0) is 6.42 Å².